The van der Waals surface area contributed by atoms with Crippen LogP contribution in [0.5, 0.6) is 0 Å². The SMILES string of the molecule is N[C@H]1CC[C@H](c2nnc(-c3ccccc3)o2)CC1. The molecule has 1 aliphatic rings. The molecular weight excluding hydrogens is 226 g/mol. The molecule has 1 aromatic heterocycles. The second-order valence-electron chi connectivity index (χ2n) is 4.92. The Balaban J connectivity index is 1.78. The predicted molar refractivity (Wildman–Crippen MR) is 68.9 cm³/mol. The summed E-state index contributed by atoms with van der Waals surface area (Å²) in [5.74, 6) is 1.76. The van der Waals surface area contributed by atoms with E-state index in [1.807, 2.05) is 30.3 Å². The van der Waals surface area contributed by atoms with Crippen molar-refractivity contribution in [2.45, 2.75) is 37.6 Å². The highest BCUT2D eigenvalue weighted by atomic mass is 16.4. The van der Waals surface area contributed by atoms with E-state index in [0.717, 1.165) is 37.1 Å². The van der Waals surface area contributed by atoms with Gasteiger partial charge in [0.05, 0.1) is 0 Å². The lowest BCUT2D eigenvalue weighted by molar-refractivity contribution is 0.341. The first-order valence-electron chi connectivity index (χ1n) is 6.47. The molecule has 4 nitrogen and oxygen atoms in total. The fourth-order valence-electron chi connectivity index (χ4n) is 2.46. The van der Waals surface area contributed by atoms with Crippen LogP contribution in [0.15, 0.2) is 34.7 Å². The first-order valence-corrected chi connectivity index (χ1v) is 6.47. The number of hydrogen-bond acceptors (Lipinski definition) is 4. The number of nitrogens with two attached hydrogens (primary N) is 1. The molecule has 1 aromatic carbocycles. The van der Waals surface area contributed by atoms with Crippen molar-refractivity contribution in [2.24, 2.45) is 5.73 Å². The van der Waals surface area contributed by atoms with Crippen LogP contribution >= 0.6 is 0 Å². The van der Waals surface area contributed by atoms with E-state index in [-0.39, 0.29) is 0 Å². The molecule has 0 aliphatic heterocycles. The summed E-state index contributed by atoms with van der Waals surface area (Å²) in [6, 6.07) is 10.2. The molecule has 1 aliphatic carbocycles. The molecule has 1 heterocycles. The van der Waals surface area contributed by atoms with Crippen LogP contribution < -0.4 is 5.73 Å². The highest BCUT2D eigenvalue weighted by Gasteiger charge is 2.24. The minimum atomic E-state index is 0.345. The average Bonchev–Trinajstić information content (AvgIpc) is 2.90. The first kappa shape index (κ1) is 11.4. The number of rotatable bonds is 2. The topological polar surface area (TPSA) is 64.9 Å². The van der Waals surface area contributed by atoms with Gasteiger partial charge in [0, 0.05) is 17.5 Å². The first-order chi connectivity index (χ1) is 8.83. The van der Waals surface area contributed by atoms with Crippen molar-refractivity contribution in [2.75, 3.05) is 0 Å². The van der Waals surface area contributed by atoms with E-state index in [9.17, 15) is 0 Å². The zero-order chi connectivity index (χ0) is 12.4. The van der Waals surface area contributed by atoms with Crippen LogP contribution in [0.1, 0.15) is 37.5 Å². The zero-order valence-corrected chi connectivity index (χ0v) is 10.2. The van der Waals surface area contributed by atoms with E-state index in [4.69, 9.17) is 10.2 Å². The second kappa shape index (κ2) is 4.90. The zero-order valence-electron chi connectivity index (χ0n) is 10.2. The lowest BCUT2D eigenvalue weighted by Gasteiger charge is -2.23. The maximum Gasteiger partial charge on any atom is 0.247 e. The van der Waals surface area contributed by atoms with E-state index < -0.39 is 0 Å². The van der Waals surface area contributed by atoms with Crippen molar-refractivity contribution in [3.05, 3.63) is 36.2 Å². The summed E-state index contributed by atoms with van der Waals surface area (Å²) in [7, 11) is 0. The fraction of sp³-hybridized carbons (Fsp3) is 0.429. The van der Waals surface area contributed by atoms with E-state index >= 15 is 0 Å². The Labute approximate surface area is 106 Å². The molecule has 3 rings (SSSR count). The molecule has 2 aromatic rings. The Morgan fingerprint density at radius 1 is 1.00 bits per heavy atom. The van der Waals surface area contributed by atoms with E-state index in [1.54, 1.807) is 0 Å². The highest BCUT2D eigenvalue weighted by Crippen LogP contribution is 2.32. The Morgan fingerprint density at radius 3 is 2.44 bits per heavy atom. The third-order valence-corrected chi connectivity index (χ3v) is 3.58. The summed E-state index contributed by atoms with van der Waals surface area (Å²) in [6.07, 6.45) is 4.20. The van der Waals surface area contributed by atoms with Gasteiger partial charge in [0.25, 0.3) is 0 Å². The van der Waals surface area contributed by atoms with Crippen LogP contribution in [0.25, 0.3) is 11.5 Å². The summed E-state index contributed by atoms with van der Waals surface area (Å²) in [5.41, 5.74) is 6.88. The molecule has 0 unspecified atom stereocenters. The van der Waals surface area contributed by atoms with Crippen LogP contribution in [0.4, 0.5) is 0 Å². The number of nitrogens with zero attached hydrogens (tertiary/aromatic N) is 2. The van der Waals surface area contributed by atoms with Crippen molar-refractivity contribution < 1.29 is 4.42 Å². The van der Waals surface area contributed by atoms with Crippen LogP contribution in [0.2, 0.25) is 0 Å². The lowest BCUT2D eigenvalue weighted by atomic mass is 9.86. The monoisotopic (exact) mass is 243 g/mol. The Bertz CT molecular complexity index is 501. The van der Waals surface area contributed by atoms with Gasteiger partial charge in [-0.3, -0.25) is 0 Å². The molecule has 1 saturated carbocycles. The molecule has 18 heavy (non-hydrogen) atoms. The molecule has 0 radical (unpaired) electrons. The molecule has 0 saturated heterocycles. The van der Waals surface area contributed by atoms with Crippen LogP contribution in [-0.2, 0) is 0 Å². The fourth-order valence-corrected chi connectivity index (χ4v) is 2.46. The van der Waals surface area contributed by atoms with Gasteiger partial charge in [0.15, 0.2) is 0 Å². The molecule has 0 amide bonds. The van der Waals surface area contributed by atoms with Gasteiger partial charge < -0.3 is 10.2 Å². The van der Waals surface area contributed by atoms with Crippen molar-refractivity contribution in [3.8, 4) is 11.5 Å². The summed E-state index contributed by atoms with van der Waals surface area (Å²) in [5, 5.41) is 8.32. The van der Waals surface area contributed by atoms with Crippen molar-refractivity contribution in [3.63, 3.8) is 0 Å². The van der Waals surface area contributed by atoms with Crippen LogP contribution in [0, 0.1) is 0 Å². The molecular formula is C14H17N3O. The molecule has 1 fully saturated rings. The van der Waals surface area contributed by atoms with Crippen molar-refractivity contribution in [1.82, 2.24) is 10.2 Å². The number of aromatic nitrogens is 2. The van der Waals surface area contributed by atoms with Gasteiger partial charge in [-0.2, -0.15) is 0 Å². The largest absolute Gasteiger partial charge is 0.420 e. The normalized spacial score (nSPS) is 24.1. The summed E-state index contributed by atoms with van der Waals surface area (Å²) in [6.45, 7) is 0. The van der Waals surface area contributed by atoms with Crippen LogP contribution in [-0.4, -0.2) is 16.2 Å². The third kappa shape index (κ3) is 2.29. The van der Waals surface area contributed by atoms with Gasteiger partial charge in [-0.05, 0) is 37.8 Å². The van der Waals surface area contributed by atoms with E-state index in [0.29, 0.717) is 17.9 Å². The maximum atomic E-state index is 5.90. The minimum Gasteiger partial charge on any atom is -0.420 e. The number of hydrogen-bond donors (Lipinski definition) is 1. The van der Waals surface area contributed by atoms with Gasteiger partial charge in [0.1, 0.15) is 0 Å². The lowest BCUT2D eigenvalue weighted by Crippen LogP contribution is -2.25. The maximum absolute atomic E-state index is 5.90. The summed E-state index contributed by atoms with van der Waals surface area (Å²) in [4.78, 5) is 0. The smallest absolute Gasteiger partial charge is 0.247 e. The Morgan fingerprint density at radius 2 is 1.72 bits per heavy atom. The van der Waals surface area contributed by atoms with Gasteiger partial charge in [-0.15, -0.1) is 10.2 Å². The third-order valence-electron chi connectivity index (χ3n) is 3.58. The molecule has 0 spiro atoms. The molecule has 0 atom stereocenters. The molecule has 4 heteroatoms. The second-order valence-corrected chi connectivity index (χ2v) is 4.92. The Hall–Kier alpha value is -1.68. The van der Waals surface area contributed by atoms with E-state index in [2.05, 4.69) is 10.2 Å². The van der Waals surface area contributed by atoms with Crippen molar-refractivity contribution in [1.29, 1.82) is 0 Å². The Kier molecular flexibility index (Phi) is 3.11. The van der Waals surface area contributed by atoms with Crippen molar-refractivity contribution >= 4 is 0 Å². The summed E-state index contributed by atoms with van der Waals surface area (Å²) < 4.78 is 5.78. The summed E-state index contributed by atoms with van der Waals surface area (Å²) >= 11 is 0. The van der Waals surface area contributed by atoms with Crippen LogP contribution in [0.3, 0.4) is 0 Å². The molecule has 2 N–H and O–H groups in total. The minimum absolute atomic E-state index is 0.345. The predicted octanol–water partition coefficient (Wildman–Crippen LogP) is 2.72. The highest BCUT2D eigenvalue weighted by molar-refractivity contribution is 5.51. The number of benzene rings is 1. The van der Waals surface area contributed by atoms with E-state index in [1.165, 1.54) is 0 Å². The average molecular weight is 243 g/mol. The quantitative estimate of drug-likeness (QED) is 0.880. The standard InChI is InChI=1S/C14H17N3O/c15-12-8-6-11(7-9-12)14-17-16-13(18-14)10-4-2-1-3-5-10/h1-5,11-12H,6-9,15H2/t11-,12-. The molecule has 94 valence electrons. The van der Waals surface area contributed by atoms with Gasteiger partial charge in [-0.1, -0.05) is 18.2 Å². The van der Waals surface area contributed by atoms with Gasteiger partial charge in [0.2, 0.25) is 11.8 Å². The van der Waals surface area contributed by atoms with Gasteiger partial charge >= 0.3 is 0 Å². The molecule has 0 bridgehead atoms. The van der Waals surface area contributed by atoms with Gasteiger partial charge in [-0.25, -0.2) is 0 Å².